The van der Waals surface area contributed by atoms with Crippen LogP contribution in [0.5, 0.6) is 0 Å². The Balaban J connectivity index is 2.15. The van der Waals surface area contributed by atoms with Gasteiger partial charge in [0.1, 0.15) is 5.69 Å². The van der Waals surface area contributed by atoms with Crippen LogP contribution in [0.3, 0.4) is 0 Å². The minimum absolute atomic E-state index is 0.0267. The molecule has 1 aromatic carbocycles. The highest BCUT2D eigenvalue weighted by atomic mass is 35.5. The molecule has 0 saturated carbocycles. The van der Waals surface area contributed by atoms with Crippen molar-refractivity contribution in [3.05, 3.63) is 39.8 Å². The van der Waals surface area contributed by atoms with E-state index >= 15 is 0 Å². The molecule has 4 rings (SSSR count). The molecular weight excluding hydrogens is 414 g/mol. The number of aliphatic hydroxyl groups is 1. The van der Waals surface area contributed by atoms with E-state index in [9.17, 15) is 15.0 Å². The number of aryl methyl sites for hydroxylation is 4. The van der Waals surface area contributed by atoms with Crippen LogP contribution >= 0.6 is 11.6 Å². The van der Waals surface area contributed by atoms with Gasteiger partial charge < -0.3 is 14.8 Å². The number of carboxylic acid groups (broad SMARTS) is 1. The smallest absolute Gasteiger partial charge is 0.352 e. The zero-order chi connectivity index (χ0) is 22.1. The monoisotopic (exact) mass is 443 g/mol. The Hall–Kier alpha value is -2.31. The van der Waals surface area contributed by atoms with Crippen LogP contribution in [-0.2, 0) is 32.9 Å². The van der Waals surface area contributed by atoms with Crippen LogP contribution in [-0.4, -0.2) is 37.1 Å². The van der Waals surface area contributed by atoms with Gasteiger partial charge in [0.05, 0.1) is 16.2 Å². The zero-order valence-electron chi connectivity index (χ0n) is 18.2. The molecule has 0 amide bonds. The summed E-state index contributed by atoms with van der Waals surface area (Å²) >= 11 is 6.84. The lowest BCUT2D eigenvalue weighted by Crippen LogP contribution is -2.11. The maximum Gasteiger partial charge on any atom is 0.352 e. The van der Waals surface area contributed by atoms with Crippen molar-refractivity contribution in [3.63, 3.8) is 0 Å². The van der Waals surface area contributed by atoms with Crippen molar-refractivity contribution in [1.82, 2.24) is 14.3 Å². The minimum atomic E-state index is -0.928. The van der Waals surface area contributed by atoms with Gasteiger partial charge in [-0.25, -0.2) is 4.79 Å². The van der Waals surface area contributed by atoms with Crippen molar-refractivity contribution in [3.8, 4) is 11.1 Å². The van der Waals surface area contributed by atoms with E-state index in [1.165, 1.54) is 0 Å². The summed E-state index contributed by atoms with van der Waals surface area (Å²) in [6, 6.07) is 3.83. The SMILES string of the molecule is CCc1c2c(nn1C)CCCCCCn1c(C(=O)O)c(CCCO)c3ccc(Cl)c-2c31. The van der Waals surface area contributed by atoms with Gasteiger partial charge in [0.2, 0.25) is 0 Å². The number of aliphatic hydroxyl groups excluding tert-OH is 1. The summed E-state index contributed by atoms with van der Waals surface area (Å²) in [5.41, 5.74) is 6.13. The minimum Gasteiger partial charge on any atom is -0.477 e. The topological polar surface area (TPSA) is 80.3 Å². The second kappa shape index (κ2) is 9.05. The zero-order valence-corrected chi connectivity index (χ0v) is 19.0. The largest absolute Gasteiger partial charge is 0.477 e. The molecule has 0 unspecified atom stereocenters. The lowest BCUT2D eigenvalue weighted by molar-refractivity contribution is 0.0684. The van der Waals surface area contributed by atoms with Gasteiger partial charge in [0.25, 0.3) is 0 Å². The number of fused-ring (bicyclic) bond motifs is 2. The number of nitrogens with zero attached hydrogens (tertiary/aromatic N) is 3. The molecule has 6 nitrogen and oxygen atoms in total. The normalized spacial score (nSPS) is 14.5. The molecule has 1 aliphatic heterocycles. The average Bonchev–Trinajstić information content (AvgIpc) is 3.21. The van der Waals surface area contributed by atoms with E-state index in [0.29, 0.717) is 30.1 Å². The van der Waals surface area contributed by atoms with Crippen LogP contribution in [0.2, 0.25) is 5.02 Å². The molecule has 0 spiro atoms. The van der Waals surface area contributed by atoms with E-state index in [1.807, 2.05) is 28.4 Å². The number of aromatic nitrogens is 3. The number of hydrogen-bond donors (Lipinski definition) is 2. The molecule has 31 heavy (non-hydrogen) atoms. The molecule has 2 aromatic heterocycles. The quantitative estimate of drug-likeness (QED) is 0.581. The molecule has 0 aliphatic carbocycles. The van der Waals surface area contributed by atoms with Gasteiger partial charge in [-0.15, -0.1) is 0 Å². The molecule has 0 atom stereocenters. The van der Waals surface area contributed by atoms with Crippen LogP contribution in [0.15, 0.2) is 12.1 Å². The van der Waals surface area contributed by atoms with Crippen LogP contribution in [0.25, 0.3) is 22.0 Å². The maximum absolute atomic E-state index is 12.4. The van der Waals surface area contributed by atoms with E-state index in [4.69, 9.17) is 16.7 Å². The van der Waals surface area contributed by atoms with Gasteiger partial charge in [-0.2, -0.15) is 5.10 Å². The lowest BCUT2D eigenvalue weighted by atomic mass is 9.95. The van der Waals surface area contributed by atoms with Gasteiger partial charge in [-0.1, -0.05) is 37.4 Å². The Bertz CT molecular complexity index is 1130. The average molecular weight is 444 g/mol. The highest BCUT2D eigenvalue weighted by Gasteiger charge is 2.28. The summed E-state index contributed by atoms with van der Waals surface area (Å²) in [6.07, 6.45) is 6.86. The summed E-state index contributed by atoms with van der Waals surface area (Å²) in [5.74, 6) is -0.928. The Morgan fingerprint density at radius 2 is 1.97 bits per heavy atom. The fourth-order valence-corrected chi connectivity index (χ4v) is 5.36. The lowest BCUT2D eigenvalue weighted by Gasteiger charge is -2.14. The second-order valence-corrected chi connectivity index (χ2v) is 8.75. The van der Waals surface area contributed by atoms with Crippen molar-refractivity contribution >= 4 is 28.5 Å². The van der Waals surface area contributed by atoms with E-state index in [-0.39, 0.29) is 6.61 Å². The van der Waals surface area contributed by atoms with E-state index in [2.05, 4.69) is 6.92 Å². The molecule has 166 valence electrons. The Kier molecular flexibility index (Phi) is 6.39. The van der Waals surface area contributed by atoms with Crippen molar-refractivity contribution in [1.29, 1.82) is 0 Å². The third-order valence-corrected chi connectivity index (χ3v) is 6.75. The number of carbonyl (C=O) groups is 1. The molecule has 7 heteroatoms. The predicted molar refractivity (Wildman–Crippen MR) is 123 cm³/mol. The fraction of sp³-hybridized carbons (Fsp3) is 0.500. The molecule has 2 N–H and O–H groups in total. The number of rotatable bonds is 5. The summed E-state index contributed by atoms with van der Waals surface area (Å²) in [7, 11) is 1.97. The first-order chi connectivity index (χ1) is 15.0. The Labute approximate surface area is 187 Å². The Morgan fingerprint density at radius 3 is 2.68 bits per heavy atom. The summed E-state index contributed by atoms with van der Waals surface area (Å²) < 4.78 is 3.91. The molecule has 1 aliphatic rings. The van der Waals surface area contributed by atoms with Gasteiger partial charge in [-0.05, 0) is 50.2 Å². The summed E-state index contributed by atoms with van der Waals surface area (Å²) in [6.45, 7) is 2.78. The van der Waals surface area contributed by atoms with Gasteiger partial charge in [0.15, 0.2) is 0 Å². The first-order valence-corrected chi connectivity index (χ1v) is 11.6. The van der Waals surface area contributed by atoms with Gasteiger partial charge in [0, 0.05) is 42.4 Å². The first-order valence-electron chi connectivity index (χ1n) is 11.2. The Morgan fingerprint density at radius 1 is 1.19 bits per heavy atom. The molecule has 3 aromatic rings. The van der Waals surface area contributed by atoms with E-state index in [1.54, 1.807) is 0 Å². The van der Waals surface area contributed by atoms with Gasteiger partial charge >= 0.3 is 5.97 Å². The van der Waals surface area contributed by atoms with Crippen molar-refractivity contribution in [2.45, 2.75) is 64.8 Å². The van der Waals surface area contributed by atoms with Crippen molar-refractivity contribution in [2.24, 2.45) is 7.05 Å². The third-order valence-electron chi connectivity index (χ3n) is 6.43. The maximum atomic E-state index is 12.4. The number of hydrogen-bond acceptors (Lipinski definition) is 3. The van der Waals surface area contributed by atoms with Gasteiger partial charge in [-0.3, -0.25) is 4.68 Å². The van der Waals surface area contributed by atoms with Crippen molar-refractivity contribution in [2.75, 3.05) is 6.61 Å². The highest BCUT2D eigenvalue weighted by molar-refractivity contribution is 6.35. The summed E-state index contributed by atoms with van der Waals surface area (Å²) in [4.78, 5) is 12.4. The second-order valence-electron chi connectivity index (χ2n) is 8.34. The molecule has 0 bridgehead atoms. The van der Waals surface area contributed by atoms with Crippen LogP contribution < -0.4 is 0 Å². The number of aromatic carboxylic acids is 1. The van der Waals surface area contributed by atoms with Crippen molar-refractivity contribution < 1.29 is 15.0 Å². The molecule has 0 saturated heterocycles. The summed E-state index contributed by atoms with van der Waals surface area (Å²) in [5, 5.41) is 26.0. The fourth-order valence-electron chi connectivity index (χ4n) is 5.11. The molecule has 3 heterocycles. The third kappa shape index (κ3) is 3.76. The highest BCUT2D eigenvalue weighted by Crippen LogP contribution is 2.43. The molecule has 0 radical (unpaired) electrons. The predicted octanol–water partition coefficient (Wildman–Crippen LogP) is 5.00. The standard InChI is InChI=1S/C24H30ClN3O3/c1-3-19-21-18(26-27(19)2)10-6-4-5-7-13-28-22-16(11-12-17(25)20(21)22)15(9-8-14-29)23(28)24(30)31/h11-12,29H,3-10,13-14H2,1-2H3,(H,30,31). The number of halogens is 1. The van der Waals surface area contributed by atoms with E-state index in [0.717, 1.165) is 77.5 Å². The number of carboxylic acids is 1. The van der Waals surface area contributed by atoms with Crippen LogP contribution in [0.1, 0.15) is 66.5 Å². The van der Waals surface area contributed by atoms with Crippen LogP contribution in [0, 0.1) is 0 Å². The number of benzene rings is 1. The van der Waals surface area contributed by atoms with E-state index < -0.39 is 5.97 Å². The molecule has 0 fully saturated rings. The van der Waals surface area contributed by atoms with Crippen LogP contribution in [0.4, 0.5) is 0 Å². The first kappa shape index (κ1) is 21.9. The molecular formula is C24H30ClN3O3.